The number of nitrogen functional groups attached to an aromatic ring is 1. The molecule has 1 heterocycles. The number of ether oxygens (including phenoxy) is 1. The first-order chi connectivity index (χ1) is 9.40. The van der Waals surface area contributed by atoms with E-state index in [1.165, 1.54) is 17.4 Å². The van der Waals surface area contributed by atoms with E-state index in [0.29, 0.717) is 34.8 Å². The van der Waals surface area contributed by atoms with Gasteiger partial charge in [0.2, 0.25) is 0 Å². The zero-order chi connectivity index (χ0) is 14.9. The number of hydrogen-bond donors (Lipinski definition) is 1. The molecule has 2 N–H and O–H groups in total. The van der Waals surface area contributed by atoms with E-state index in [1.54, 1.807) is 6.92 Å². The van der Waals surface area contributed by atoms with Crippen molar-refractivity contribution in [2.75, 3.05) is 33.0 Å². The standard InChI is InChI=1S/C12H16N4O3S/c1-7-14-11-8(16(17)18)6-9(10(13)12(11)20-7)19-5-4-15(2)3/h6H,4-5,13H2,1-3H3. The van der Waals surface area contributed by atoms with Crippen LogP contribution in [0.4, 0.5) is 11.4 Å². The second kappa shape index (κ2) is 5.59. The van der Waals surface area contributed by atoms with Gasteiger partial charge in [0.25, 0.3) is 5.69 Å². The molecule has 0 spiro atoms. The van der Waals surface area contributed by atoms with E-state index in [2.05, 4.69) is 4.98 Å². The van der Waals surface area contributed by atoms with Crippen LogP contribution in [-0.2, 0) is 0 Å². The molecule has 0 unspecified atom stereocenters. The number of benzene rings is 1. The van der Waals surface area contributed by atoms with Gasteiger partial charge in [0.1, 0.15) is 6.61 Å². The largest absolute Gasteiger partial charge is 0.490 e. The molecule has 0 amide bonds. The van der Waals surface area contributed by atoms with Gasteiger partial charge < -0.3 is 15.4 Å². The van der Waals surface area contributed by atoms with Crippen molar-refractivity contribution in [2.24, 2.45) is 0 Å². The van der Waals surface area contributed by atoms with Gasteiger partial charge in [0.15, 0.2) is 11.3 Å². The van der Waals surface area contributed by atoms with Gasteiger partial charge in [-0.05, 0) is 21.0 Å². The highest BCUT2D eigenvalue weighted by molar-refractivity contribution is 7.19. The first-order valence-electron chi connectivity index (χ1n) is 6.01. The summed E-state index contributed by atoms with van der Waals surface area (Å²) in [6, 6.07) is 1.35. The first kappa shape index (κ1) is 14.5. The van der Waals surface area contributed by atoms with Gasteiger partial charge in [-0.15, -0.1) is 11.3 Å². The summed E-state index contributed by atoms with van der Waals surface area (Å²) in [5, 5.41) is 11.9. The van der Waals surface area contributed by atoms with E-state index in [4.69, 9.17) is 10.5 Å². The Morgan fingerprint density at radius 3 is 2.85 bits per heavy atom. The van der Waals surface area contributed by atoms with Gasteiger partial charge >= 0.3 is 0 Å². The maximum atomic E-state index is 11.1. The molecule has 2 rings (SSSR count). The van der Waals surface area contributed by atoms with E-state index in [1.807, 2.05) is 19.0 Å². The Kier molecular flexibility index (Phi) is 4.05. The van der Waals surface area contributed by atoms with Crippen molar-refractivity contribution in [3.63, 3.8) is 0 Å². The number of aromatic nitrogens is 1. The van der Waals surface area contributed by atoms with Crippen molar-refractivity contribution in [3.05, 3.63) is 21.2 Å². The SMILES string of the molecule is Cc1nc2c([N+](=O)[O-])cc(OCCN(C)C)c(N)c2s1. The minimum absolute atomic E-state index is 0.0709. The Morgan fingerprint density at radius 1 is 1.55 bits per heavy atom. The predicted octanol–water partition coefficient (Wildman–Crippen LogP) is 2.04. The van der Waals surface area contributed by atoms with Crippen LogP contribution in [0.3, 0.4) is 0 Å². The second-order valence-electron chi connectivity index (χ2n) is 4.63. The lowest BCUT2D eigenvalue weighted by molar-refractivity contribution is -0.383. The zero-order valence-corrected chi connectivity index (χ0v) is 12.4. The number of aryl methyl sites for hydroxylation is 1. The topological polar surface area (TPSA) is 94.5 Å². The summed E-state index contributed by atoms with van der Waals surface area (Å²) in [6.07, 6.45) is 0. The summed E-state index contributed by atoms with van der Waals surface area (Å²) in [5.41, 5.74) is 6.70. The van der Waals surface area contributed by atoms with Crippen LogP contribution in [0.25, 0.3) is 10.2 Å². The highest BCUT2D eigenvalue weighted by Gasteiger charge is 2.22. The normalized spacial score (nSPS) is 11.2. The van der Waals surface area contributed by atoms with Crippen LogP contribution >= 0.6 is 11.3 Å². The van der Waals surface area contributed by atoms with Crippen molar-refractivity contribution in [1.82, 2.24) is 9.88 Å². The first-order valence-corrected chi connectivity index (χ1v) is 6.83. The summed E-state index contributed by atoms with van der Waals surface area (Å²) >= 11 is 1.33. The number of fused-ring (bicyclic) bond motifs is 1. The molecule has 0 fully saturated rings. The van der Waals surface area contributed by atoms with Crippen molar-refractivity contribution in [3.8, 4) is 5.75 Å². The van der Waals surface area contributed by atoms with Gasteiger partial charge in [-0.25, -0.2) is 4.98 Å². The van der Waals surface area contributed by atoms with Crippen molar-refractivity contribution >= 4 is 32.9 Å². The van der Waals surface area contributed by atoms with Crippen LogP contribution in [0.2, 0.25) is 0 Å². The molecule has 0 aliphatic carbocycles. The highest BCUT2D eigenvalue weighted by Crippen LogP contribution is 2.40. The Hall–Kier alpha value is -1.93. The number of nitro benzene ring substituents is 1. The van der Waals surface area contributed by atoms with Crippen molar-refractivity contribution in [1.29, 1.82) is 0 Å². The molecular formula is C12H16N4O3S. The Bertz CT molecular complexity index is 654. The van der Waals surface area contributed by atoms with Crippen LogP contribution in [-0.4, -0.2) is 42.1 Å². The van der Waals surface area contributed by atoms with Crippen LogP contribution < -0.4 is 10.5 Å². The molecule has 1 aromatic heterocycles. The fraction of sp³-hybridized carbons (Fsp3) is 0.417. The predicted molar refractivity (Wildman–Crippen MR) is 79.5 cm³/mol. The summed E-state index contributed by atoms with van der Waals surface area (Å²) in [5.74, 6) is 0.342. The smallest absolute Gasteiger partial charge is 0.300 e. The van der Waals surface area contributed by atoms with E-state index in [9.17, 15) is 10.1 Å². The highest BCUT2D eigenvalue weighted by atomic mass is 32.1. The average Bonchev–Trinajstić information content (AvgIpc) is 2.73. The Balaban J connectivity index is 2.44. The molecule has 0 saturated carbocycles. The molecule has 0 aliphatic rings. The monoisotopic (exact) mass is 296 g/mol. The number of non-ortho nitro benzene ring substituents is 1. The van der Waals surface area contributed by atoms with Gasteiger partial charge in [0, 0.05) is 6.54 Å². The van der Waals surface area contributed by atoms with Crippen LogP contribution in [0.1, 0.15) is 5.01 Å². The van der Waals surface area contributed by atoms with E-state index in [-0.39, 0.29) is 5.69 Å². The lowest BCUT2D eigenvalue weighted by atomic mass is 10.2. The Morgan fingerprint density at radius 2 is 2.25 bits per heavy atom. The quantitative estimate of drug-likeness (QED) is 0.515. The summed E-state index contributed by atoms with van der Waals surface area (Å²) in [6.45, 7) is 2.91. The minimum Gasteiger partial charge on any atom is -0.490 e. The van der Waals surface area contributed by atoms with Crippen LogP contribution in [0, 0.1) is 17.0 Å². The third kappa shape index (κ3) is 2.81. The van der Waals surface area contributed by atoms with E-state index >= 15 is 0 Å². The number of nitro groups is 1. The number of nitrogens with two attached hydrogens (primary N) is 1. The molecule has 108 valence electrons. The molecule has 0 aliphatic heterocycles. The lowest BCUT2D eigenvalue weighted by Crippen LogP contribution is -2.19. The fourth-order valence-electron chi connectivity index (χ4n) is 1.76. The van der Waals surface area contributed by atoms with E-state index < -0.39 is 4.92 Å². The van der Waals surface area contributed by atoms with Gasteiger partial charge in [-0.1, -0.05) is 0 Å². The van der Waals surface area contributed by atoms with Crippen molar-refractivity contribution < 1.29 is 9.66 Å². The third-order valence-electron chi connectivity index (χ3n) is 2.75. The number of hydrogen-bond acceptors (Lipinski definition) is 7. The number of anilines is 1. The summed E-state index contributed by atoms with van der Waals surface area (Å²) in [4.78, 5) is 16.8. The van der Waals surface area contributed by atoms with Gasteiger partial charge in [0.05, 0.1) is 26.4 Å². The van der Waals surface area contributed by atoms with Gasteiger partial charge in [-0.3, -0.25) is 10.1 Å². The molecule has 7 nitrogen and oxygen atoms in total. The summed E-state index contributed by atoms with van der Waals surface area (Å²) in [7, 11) is 3.84. The lowest BCUT2D eigenvalue weighted by Gasteiger charge is -2.12. The molecule has 0 atom stereocenters. The average molecular weight is 296 g/mol. The number of thiazole rings is 1. The molecule has 2 aromatic rings. The molecule has 0 saturated heterocycles. The van der Waals surface area contributed by atoms with Crippen LogP contribution in [0.5, 0.6) is 5.75 Å². The maximum Gasteiger partial charge on any atom is 0.300 e. The molecule has 8 heteroatoms. The Labute approximate surface area is 120 Å². The zero-order valence-electron chi connectivity index (χ0n) is 11.5. The number of nitrogens with zero attached hydrogens (tertiary/aromatic N) is 3. The molecular weight excluding hydrogens is 280 g/mol. The number of rotatable bonds is 5. The molecule has 0 radical (unpaired) electrons. The second-order valence-corrected chi connectivity index (χ2v) is 5.83. The molecule has 1 aromatic carbocycles. The fourth-order valence-corrected chi connectivity index (χ4v) is 2.65. The molecule has 0 bridgehead atoms. The summed E-state index contributed by atoms with van der Waals surface area (Å²) < 4.78 is 6.17. The minimum atomic E-state index is -0.459. The molecule has 20 heavy (non-hydrogen) atoms. The van der Waals surface area contributed by atoms with Gasteiger partial charge in [-0.2, -0.15) is 0 Å². The number of likely N-dealkylation sites (N-methyl/N-ethyl adjacent to an activating group) is 1. The van der Waals surface area contributed by atoms with Crippen molar-refractivity contribution in [2.45, 2.75) is 6.92 Å². The van der Waals surface area contributed by atoms with Crippen LogP contribution in [0.15, 0.2) is 6.07 Å². The third-order valence-corrected chi connectivity index (χ3v) is 3.75. The maximum absolute atomic E-state index is 11.1. The van der Waals surface area contributed by atoms with E-state index in [0.717, 1.165) is 5.01 Å².